The molecule has 0 bridgehead atoms. The van der Waals surface area contributed by atoms with Crippen LogP contribution in [0.5, 0.6) is 0 Å². The van der Waals surface area contributed by atoms with Crippen LogP contribution in [0.15, 0.2) is 0 Å². The van der Waals surface area contributed by atoms with Crippen LogP contribution in [0.3, 0.4) is 0 Å². The number of nitrogens with zero attached hydrogens (tertiary/aromatic N) is 1. The Morgan fingerprint density at radius 2 is 2.07 bits per heavy atom. The minimum Gasteiger partial charge on any atom is -0.313 e. The number of imide groups is 1. The van der Waals surface area contributed by atoms with Gasteiger partial charge in [-0.25, -0.2) is 4.21 Å². The van der Waals surface area contributed by atoms with Crippen LogP contribution < -0.4 is 0 Å². The summed E-state index contributed by atoms with van der Waals surface area (Å²) in [7, 11) is -3.46. The zero-order valence-electron chi connectivity index (χ0n) is 8.10. The van der Waals surface area contributed by atoms with Crippen molar-refractivity contribution >= 4 is 27.5 Å². The summed E-state index contributed by atoms with van der Waals surface area (Å²) in [5, 5.41) is -1.17. The van der Waals surface area contributed by atoms with Crippen molar-refractivity contribution < 1.29 is 18.4 Å². The van der Waals surface area contributed by atoms with Crippen molar-refractivity contribution in [2.75, 3.05) is 0 Å². The molecule has 0 spiro atoms. The van der Waals surface area contributed by atoms with Crippen molar-refractivity contribution in [3.63, 3.8) is 0 Å². The van der Waals surface area contributed by atoms with Gasteiger partial charge in [0.2, 0.25) is 11.8 Å². The highest BCUT2D eigenvalue weighted by Crippen LogP contribution is 2.21. The van der Waals surface area contributed by atoms with Crippen LogP contribution in [0.2, 0.25) is 0 Å². The zero-order valence-corrected chi connectivity index (χ0v) is 8.91. The smallest absolute Gasteiger partial charge is 0.247 e. The van der Waals surface area contributed by atoms with Crippen molar-refractivity contribution in [3.8, 4) is 0 Å². The van der Waals surface area contributed by atoms with Gasteiger partial charge >= 0.3 is 0 Å². The molecule has 2 amide bonds. The van der Waals surface area contributed by atoms with Gasteiger partial charge in [0.1, 0.15) is 5.25 Å². The van der Waals surface area contributed by atoms with Gasteiger partial charge < -0.3 is 4.55 Å². The first-order chi connectivity index (χ1) is 6.25. The molecule has 1 aliphatic heterocycles. The van der Waals surface area contributed by atoms with Crippen molar-refractivity contribution in [3.05, 3.63) is 0 Å². The first kappa shape index (κ1) is 11.2. The van der Waals surface area contributed by atoms with Crippen LogP contribution in [0.4, 0.5) is 0 Å². The average Bonchev–Trinajstić information content (AvgIpc) is 2.24. The second-order valence-corrected chi connectivity index (χ2v) is 5.53. The minimum atomic E-state index is -3.46. The summed E-state index contributed by atoms with van der Waals surface area (Å²) < 4.78 is 20.3. The fraction of sp³-hybridized carbons (Fsp3) is 0.625. The molecule has 1 heterocycles. The van der Waals surface area contributed by atoms with E-state index >= 15 is 0 Å². The summed E-state index contributed by atoms with van der Waals surface area (Å²) in [6.07, 6.45) is -0.212. The Bertz CT molecular complexity index is 371. The third-order valence-corrected chi connectivity index (χ3v) is 3.36. The molecule has 2 atom stereocenters. The lowest BCUT2D eigenvalue weighted by Gasteiger charge is -2.18. The molecular formula is C8H13NO4S. The molecule has 1 aliphatic rings. The predicted molar refractivity (Wildman–Crippen MR) is 53.3 cm³/mol. The van der Waals surface area contributed by atoms with Crippen molar-refractivity contribution in [2.24, 2.45) is 0 Å². The zero-order chi connectivity index (χ0) is 11.1. The van der Waals surface area contributed by atoms with Crippen molar-refractivity contribution in [1.29, 1.82) is 0 Å². The maximum atomic E-state index is 11.5. The molecule has 0 aromatic heterocycles. The Kier molecular flexibility index (Phi) is 2.69. The Morgan fingerprint density at radius 1 is 1.57 bits per heavy atom. The molecule has 1 N–H and O–H groups in total. The third kappa shape index (κ3) is 1.80. The van der Waals surface area contributed by atoms with E-state index < -0.39 is 26.9 Å². The van der Waals surface area contributed by atoms with Gasteiger partial charge in [0, 0.05) is 6.04 Å². The number of hydrogen-bond acceptors (Lipinski definition) is 3. The van der Waals surface area contributed by atoms with Gasteiger partial charge in [-0.15, -0.1) is 0 Å². The molecule has 6 heteroatoms. The minimum absolute atomic E-state index is 0.212. The Hall–Kier alpha value is -0.880. The molecule has 0 saturated carbocycles. The molecule has 2 unspecified atom stereocenters. The standard InChI is InChI=1S/C8H13NO4S/c1-5(2)9-7(10)4-6(8(9)11)14(3,12)13/h5-6H,3-4H2,1-2H3,(H,12,13). The maximum absolute atomic E-state index is 11.5. The summed E-state index contributed by atoms with van der Waals surface area (Å²) in [6.45, 7) is 3.36. The van der Waals surface area contributed by atoms with Crippen LogP contribution in [-0.4, -0.2) is 42.6 Å². The molecule has 0 aromatic rings. The third-order valence-electron chi connectivity index (χ3n) is 2.10. The van der Waals surface area contributed by atoms with E-state index in [4.69, 9.17) is 4.55 Å². The molecule has 80 valence electrons. The number of rotatable bonds is 2. The van der Waals surface area contributed by atoms with Gasteiger partial charge in [0.15, 0.2) is 0 Å². The van der Waals surface area contributed by atoms with E-state index in [-0.39, 0.29) is 12.5 Å². The number of carbonyl (C=O) groups is 2. The Labute approximate surface area is 82.9 Å². The van der Waals surface area contributed by atoms with Gasteiger partial charge in [0.25, 0.3) is 0 Å². The highest BCUT2D eigenvalue weighted by atomic mass is 32.2. The van der Waals surface area contributed by atoms with E-state index in [1.807, 2.05) is 0 Å². The van der Waals surface area contributed by atoms with Crippen LogP contribution in [0.1, 0.15) is 20.3 Å². The van der Waals surface area contributed by atoms with E-state index in [2.05, 4.69) is 5.87 Å². The van der Waals surface area contributed by atoms with Gasteiger partial charge in [0.05, 0.1) is 16.2 Å². The summed E-state index contributed by atoms with van der Waals surface area (Å²) in [6, 6.07) is -0.276. The van der Waals surface area contributed by atoms with Gasteiger partial charge in [-0.1, -0.05) is 0 Å². The molecule has 5 nitrogen and oxygen atoms in total. The summed E-state index contributed by atoms with van der Waals surface area (Å²) >= 11 is 0. The fourth-order valence-electron chi connectivity index (χ4n) is 1.45. The molecule has 14 heavy (non-hydrogen) atoms. The monoisotopic (exact) mass is 219 g/mol. The number of likely N-dealkylation sites (tertiary alicyclic amines) is 1. The summed E-state index contributed by atoms with van der Waals surface area (Å²) in [5.74, 6) is 2.02. The van der Waals surface area contributed by atoms with E-state index in [1.165, 1.54) is 0 Å². The molecule has 0 radical (unpaired) electrons. The van der Waals surface area contributed by atoms with Gasteiger partial charge in [-0.05, 0) is 19.7 Å². The highest BCUT2D eigenvalue weighted by molar-refractivity contribution is 7.96. The fourth-order valence-corrected chi connectivity index (χ4v) is 2.28. The number of amides is 2. The van der Waals surface area contributed by atoms with Crippen LogP contribution in [0.25, 0.3) is 0 Å². The Balaban J connectivity index is 3.02. The molecular weight excluding hydrogens is 206 g/mol. The number of carbonyl (C=O) groups excluding carboxylic acids is 2. The van der Waals surface area contributed by atoms with Crippen LogP contribution in [0, 0.1) is 0 Å². The molecule has 0 aliphatic carbocycles. The van der Waals surface area contributed by atoms with E-state index in [1.54, 1.807) is 13.8 Å². The second kappa shape index (κ2) is 3.36. The first-order valence-corrected chi connectivity index (χ1v) is 5.94. The maximum Gasteiger partial charge on any atom is 0.247 e. The van der Waals surface area contributed by atoms with E-state index in [0.29, 0.717) is 0 Å². The molecule has 1 saturated heterocycles. The van der Waals surface area contributed by atoms with Crippen LogP contribution in [-0.2, 0) is 19.4 Å². The normalized spacial score (nSPS) is 27.1. The molecule has 1 fully saturated rings. The van der Waals surface area contributed by atoms with Gasteiger partial charge in [-0.2, -0.15) is 0 Å². The lowest BCUT2D eigenvalue weighted by Crippen LogP contribution is -2.39. The molecule has 0 aromatic carbocycles. The topological polar surface area (TPSA) is 74.7 Å². The molecule has 1 rings (SSSR count). The summed E-state index contributed by atoms with van der Waals surface area (Å²) in [4.78, 5) is 23.9. The predicted octanol–water partition coefficient (Wildman–Crippen LogP) is -0.288. The summed E-state index contributed by atoms with van der Waals surface area (Å²) in [5.41, 5.74) is 0. The number of hydrogen-bond donors (Lipinski definition) is 1. The lowest BCUT2D eigenvalue weighted by atomic mass is 10.3. The second-order valence-electron chi connectivity index (χ2n) is 3.58. The van der Waals surface area contributed by atoms with Crippen LogP contribution >= 0.6 is 0 Å². The average molecular weight is 219 g/mol. The van der Waals surface area contributed by atoms with Crippen molar-refractivity contribution in [1.82, 2.24) is 4.90 Å². The quantitative estimate of drug-likeness (QED) is 0.511. The van der Waals surface area contributed by atoms with E-state index in [0.717, 1.165) is 4.90 Å². The SMILES string of the molecule is C=S(=O)(O)C1CC(=O)N(C(C)C)C1=O. The Morgan fingerprint density at radius 3 is 2.29 bits per heavy atom. The van der Waals surface area contributed by atoms with E-state index in [9.17, 15) is 13.8 Å². The first-order valence-electron chi connectivity index (χ1n) is 4.19. The lowest BCUT2D eigenvalue weighted by molar-refractivity contribution is -0.140. The van der Waals surface area contributed by atoms with Crippen molar-refractivity contribution in [2.45, 2.75) is 31.6 Å². The van der Waals surface area contributed by atoms with Gasteiger partial charge in [-0.3, -0.25) is 14.5 Å². The highest BCUT2D eigenvalue weighted by Gasteiger charge is 2.43. The largest absolute Gasteiger partial charge is 0.313 e.